The van der Waals surface area contributed by atoms with Gasteiger partial charge >= 0.3 is 11.8 Å². The summed E-state index contributed by atoms with van der Waals surface area (Å²) >= 11 is 0. The zero-order valence-corrected chi connectivity index (χ0v) is 17.6. The topological polar surface area (TPSA) is 203 Å². The lowest BCUT2D eigenvalue weighted by Crippen LogP contribution is -2.69. The maximum Gasteiger partial charge on any atom is 0.367 e. The van der Waals surface area contributed by atoms with E-state index in [-0.39, 0.29) is 5.75 Å². The first-order valence-corrected chi connectivity index (χ1v) is 9.74. The van der Waals surface area contributed by atoms with E-state index in [1.807, 2.05) is 0 Å². The number of aliphatic hydroxyl groups is 3. The summed E-state index contributed by atoms with van der Waals surface area (Å²) in [5.41, 5.74) is -0.0389. The van der Waals surface area contributed by atoms with E-state index in [0.29, 0.717) is 5.56 Å². The Hall–Kier alpha value is -3.68. The number of phenols is 3. The highest BCUT2D eigenvalue weighted by Crippen LogP contribution is 2.34. The molecular weight excluding hydrogens is 456 g/mol. The van der Waals surface area contributed by atoms with E-state index in [0.717, 1.165) is 25.3 Å². The second-order valence-corrected chi connectivity index (χ2v) is 7.34. The van der Waals surface area contributed by atoms with E-state index < -0.39 is 65.0 Å². The van der Waals surface area contributed by atoms with Crippen LogP contribution in [-0.4, -0.2) is 85.0 Å². The third kappa shape index (κ3) is 4.66. The first kappa shape index (κ1) is 25.0. The third-order valence-corrected chi connectivity index (χ3v) is 5.10. The van der Waals surface area contributed by atoms with Gasteiger partial charge in [-0.05, 0) is 23.8 Å². The number of phenolic OH excluding ortho intramolecular Hbond substituents is 3. The highest BCUT2D eigenvalue weighted by atomic mass is 16.8. The number of allylic oxidation sites excluding steroid dienone is 1. The number of rotatable bonds is 7. The monoisotopic (exact) mass is 478 g/mol. The number of hydrogen-bond donors (Lipinski definition) is 7. The van der Waals surface area contributed by atoms with Gasteiger partial charge < -0.3 is 45.2 Å². The average Bonchev–Trinajstić information content (AvgIpc) is 2.77. The molecule has 34 heavy (non-hydrogen) atoms. The minimum atomic E-state index is -2.69. The van der Waals surface area contributed by atoms with Crippen LogP contribution in [-0.2, 0) is 14.3 Å². The third-order valence-electron chi connectivity index (χ3n) is 5.10. The van der Waals surface area contributed by atoms with E-state index in [1.165, 1.54) is 24.3 Å². The van der Waals surface area contributed by atoms with Crippen molar-refractivity contribution in [3.05, 3.63) is 53.6 Å². The summed E-state index contributed by atoms with van der Waals surface area (Å²) in [6.07, 6.45) is -5.31. The predicted octanol–water partition coefficient (Wildman–Crippen LogP) is -0.0554. The van der Waals surface area contributed by atoms with E-state index in [2.05, 4.69) is 0 Å². The number of aromatic hydroxyl groups is 3. The van der Waals surface area contributed by atoms with Crippen LogP contribution in [0.2, 0.25) is 0 Å². The van der Waals surface area contributed by atoms with Crippen molar-refractivity contribution in [2.45, 2.75) is 30.4 Å². The molecule has 12 heteroatoms. The van der Waals surface area contributed by atoms with Crippen LogP contribution < -0.4 is 4.74 Å². The fraction of sp³-hybridized carbons (Fsp3) is 0.273. The number of hydrogen-bond acceptors (Lipinski definition) is 11. The molecule has 1 saturated heterocycles. The molecule has 1 aliphatic heterocycles. The van der Waals surface area contributed by atoms with Gasteiger partial charge in [0.15, 0.2) is 5.78 Å². The van der Waals surface area contributed by atoms with Gasteiger partial charge in [0, 0.05) is 19.2 Å². The quantitative estimate of drug-likeness (QED) is 0.207. The molecule has 3 rings (SSSR count). The molecular formula is C22H22O12. The zero-order chi connectivity index (χ0) is 25.2. The van der Waals surface area contributed by atoms with Gasteiger partial charge in [0.2, 0.25) is 6.29 Å². The molecule has 2 aromatic carbocycles. The molecule has 1 heterocycles. The van der Waals surface area contributed by atoms with Crippen molar-refractivity contribution in [1.29, 1.82) is 0 Å². The molecule has 12 nitrogen and oxygen atoms in total. The number of carbonyl (C=O) groups is 2. The second-order valence-electron chi connectivity index (χ2n) is 7.34. The molecule has 0 aromatic heterocycles. The molecule has 1 aliphatic rings. The number of methoxy groups -OCH3 is 1. The van der Waals surface area contributed by atoms with Crippen LogP contribution in [0.25, 0.3) is 6.08 Å². The highest BCUT2D eigenvalue weighted by molar-refractivity contribution is 6.10. The summed E-state index contributed by atoms with van der Waals surface area (Å²) in [6, 6.07) is 7.64. The lowest BCUT2D eigenvalue weighted by molar-refractivity contribution is -0.371. The molecule has 5 unspecified atom stereocenters. The van der Waals surface area contributed by atoms with Crippen molar-refractivity contribution >= 4 is 17.8 Å². The number of ketones is 1. The first-order valence-electron chi connectivity index (χ1n) is 9.74. The molecule has 5 atom stereocenters. The molecule has 0 radical (unpaired) electrons. The van der Waals surface area contributed by atoms with Gasteiger partial charge in [-0.25, -0.2) is 4.79 Å². The van der Waals surface area contributed by atoms with Crippen LogP contribution in [0.1, 0.15) is 15.9 Å². The maximum absolute atomic E-state index is 12.4. The van der Waals surface area contributed by atoms with Crippen LogP contribution >= 0.6 is 0 Å². The Bertz CT molecular complexity index is 1090. The van der Waals surface area contributed by atoms with Crippen molar-refractivity contribution in [2.24, 2.45) is 0 Å². The van der Waals surface area contributed by atoms with Gasteiger partial charge in [-0.2, -0.15) is 0 Å². The molecule has 0 aliphatic carbocycles. The Kier molecular flexibility index (Phi) is 7.09. The Balaban J connectivity index is 1.80. The normalized spacial score (nSPS) is 26.9. The summed E-state index contributed by atoms with van der Waals surface area (Å²) in [6.45, 7) is 0. The fourth-order valence-corrected chi connectivity index (χ4v) is 3.34. The van der Waals surface area contributed by atoms with Crippen molar-refractivity contribution in [3.8, 4) is 23.0 Å². The Labute approximate surface area is 192 Å². The Morgan fingerprint density at radius 3 is 2.26 bits per heavy atom. The second kappa shape index (κ2) is 9.67. The maximum atomic E-state index is 12.4. The number of carbonyl (C=O) groups excluding carboxylic acids is 1. The van der Waals surface area contributed by atoms with Crippen LogP contribution in [0.3, 0.4) is 0 Å². The van der Waals surface area contributed by atoms with Gasteiger partial charge in [0.25, 0.3) is 0 Å². The lowest BCUT2D eigenvalue weighted by Gasteiger charge is -2.44. The fourth-order valence-electron chi connectivity index (χ4n) is 3.34. The summed E-state index contributed by atoms with van der Waals surface area (Å²) < 4.78 is 15.4. The molecule has 1 fully saturated rings. The first-order chi connectivity index (χ1) is 16.0. The smallest absolute Gasteiger partial charge is 0.367 e. The standard InChI is InChI=1S/C22H22O12/c1-32-22(21(30)31)19(29)17(27)18(28)20(34-22)33-12-4-2-3-10(7-12)5-6-13(24)16-14(25)8-11(23)9-15(16)26/h2-9,17-20,23,25-29H,1H3,(H,30,31). The van der Waals surface area contributed by atoms with E-state index in [9.17, 15) is 45.3 Å². The van der Waals surface area contributed by atoms with Crippen molar-refractivity contribution in [2.75, 3.05) is 7.11 Å². The number of ether oxygens (including phenoxy) is 3. The minimum Gasteiger partial charge on any atom is -0.508 e. The van der Waals surface area contributed by atoms with Crippen LogP contribution in [0.5, 0.6) is 23.0 Å². The van der Waals surface area contributed by atoms with E-state index >= 15 is 0 Å². The number of carboxylic acids is 1. The number of benzene rings is 2. The largest absolute Gasteiger partial charge is 0.508 e. The van der Waals surface area contributed by atoms with E-state index in [1.54, 1.807) is 6.07 Å². The van der Waals surface area contributed by atoms with E-state index in [4.69, 9.17) is 14.2 Å². The summed E-state index contributed by atoms with van der Waals surface area (Å²) in [5, 5.41) is 68.7. The van der Waals surface area contributed by atoms with Crippen LogP contribution in [0.15, 0.2) is 42.5 Å². The molecule has 2 aromatic rings. The number of aliphatic hydroxyl groups excluding tert-OH is 3. The Morgan fingerprint density at radius 2 is 1.68 bits per heavy atom. The van der Waals surface area contributed by atoms with Gasteiger partial charge in [-0.15, -0.1) is 0 Å². The summed E-state index contributed by atoms with van der Waals surface area (Å²) in [4.78, 5) is 24.0. The molecule has 182 valence electrons. The summed E-state index contributed by atoms with van der Waals surface area (Å²) in [5.74, 6) is -6.84. The SMILES string of the molecule is COC1(C(=O)O)OC(Oc2cccc(C=CC(=O)c3c(O)cc(O)cc3O)c2)C(O)C(O)C1O. The zero-order valence-electron chi connectivity index (χ0n) is 17.6. The molecule has 0 bridgehead atoms. The van der Waals surface area contributed by atoms with Crippen molar-refractivity contribution in [1.82, 2.24) is 0 Å². The van der Waals surface area contributed by atoms with Crippen molar-refractivity contribution < 1.29 is 59.5 Å². The van der Waals surface area contributed by atoms with Gasteiger partial charge in [0.1, 0.15) is 46.9 Å². The summed E-state index contributed by atoms with van der Waals surface area (Å²) in [7, 11) is 0.935. The van der Waals surface area contributed by atoms with Crippen LogP contribution in [0, 0.1) is 0 Å². The minimum absolute atomic E-state index is 0.0351. The van der Waals surface area contributed by atoms with Gasteiger partial charge in [-0.1, -0.05) is 18.2 Å². The molecule has 7 N–H and O–H groups in total. The molecule has 0 saturated carbocycles. The predicted molar refractivity (Wildman–Crippen MR) is 112 cm³/mol. The molecule has 0 spiro atoms. The average molecular weight is 478 g/mol. The van der Waals surface area contributed by atoms with Crippen molar-refractivity contribution in [3.63, 3.8) is 0 Å². The number of carboxylic acid groups (broad SMARTS) is 1. The van der Waals surface area contributed by atoms with Gasteiger partial charge in [0.05, 0.1) is 0 Å². The molecule has 0 amide bonds. The Morgan fingerprint density at radius 1 is 1.03 bits per heavy atom. The van der Waals surface area contributed by atoms with Gasteiger partial charge in [-0.3, -0.25) is 9.53 Å². The van der Waals surface area contributed by atoms with Crippen LogP contribution in [0.4, 0.5) is 0 Å². The lowest BCUT2D eigenvalue weighted by atomic mass is 9.95. The number of aliphatic carboxylic acids is 1. The highest BCUT2D eigenvalue weighted by Gasteiger charge is 2.60.